The van der Waals surface area contributed by atoms with Crippen LogP contribution in [0.15, 0.2) is 30.3 Å². The van der Waals surface area contributed by atoms with Gasteiger partial charge in [0.05, 0.1) is 0 Å². The number of nitrogens with one attached hydrogen (secondary N) is 1. The molecule has 1 heterocycles. The van der Waals surface area contributed by atoms with Gasteiger partial charge in [-0.3, -0.25) is 4.79 Å². The lowest BCUT2D eigenvalue weighted by atomic mass is 10.1. The number of carboxylic acid groups (broad SMARTS) is 2. The predicted molar refractivity (Wildman–Crippen MR) is 85.7 cm³/mol. The molecule has 0 saturated carbocycles. The summed E-state index contributed by atoms with van der Waals surface area (Å²) >= 11 is 0.900. The number of carboxylic acids is 2. The highest BCUT2D eigenvalue weighted by molar-refractivity contribution is 7.12. The molecule has 0 spiro atoms. The van der Waals surface area contributed by atoms with E-state index in [2.05, 4.69) is 10.3 Å². The number of hydrogen-bond acceptors (Lipinski definition) is 6. The van der Waals surface area contributed by atoms with E-state index in [1.165, 1.54) is 6.92 Å². The number of rotatable bonds is 6. The lowest BCUT2D eigenvalue weighted by Gasteiger charge is -2.16. The van der Waals surface area contributed by atoms with Gasteiger partial charge in [-0.05, 0) is 12.5 Å². The van der Waals surface area contributed by atoms with Gasteiger partial charge in [0, 0.05) is 4.88 Å². The average Bonchev–Trinajstić information content (AvgIpc) is 2.93. The van der Waals surface area contributed by atoms with Crippen LogP contribution in [0, 0.1) is 6.92 Å². The summed E-state index contributed by atoms with van der Waals surface area (Å²) < 4.78 is 0. The number of carbonyl (C=O) groups excluding carboxylic acids is 1. The molecular weight excluding hydrogens is 334 g/mol. The van der Waals surface area contributed by atoms with Crippen LogP contribution in [0.4, 0.5) is 0 Å². The van der Waals surface area contributed by atoms with Crippen LogP contribution in [-0.2, 0) is 9.59 Å². The Morgan fingerprint density at radius 1 is 1.21 bits per heavy atom. The molecule has 0 aliphatic rings. The van der Waals surface area contributed by atoms with Crippen molar-refractivity contribution in [3.63, 3.8) is 0 Å². The molecule has 1 aromatic carbocycles. The van der Waals surface area contributed by atoms with Crippen molar-refractivity contribution in [1.29, 1.82) is 0 Å². The number of nitrogens with two attached hydrogens (primary N) is 1. The Balaban J connectivity index is 2.23. The zero-order valence-electron chi connectivity index (χ0n) is 12.6. The van der Waals surface area contributed by atoms with Crippen LogP contribution in [0.1, 0.15) is 38.0 Å². The first-order chi connectivity index (χ1) is 11.3. The first kappa shape index (κ1) is 17.6. The summed E-state index contributed by atoms with van der Waals surface area (Å²) in [4.78, 5) is 38.9. The quantitative estimate of drug-likeness (QED) is 0.611. The van der Waals surface area contributed by atoms with Crippen molar-refractivity contribution in [3.8, 4) is 0 Å². The maximum absolute atomic E-state index is 12.2. The number of amides is 1. The van der Waals surface area contributed by atoms with E-state index < -0.39 is 29.9 Å². The fourth-order valence-corrected chi connectivity index (χ4v) is 2.97. The second-order valence-electron chi connectivity index (χ2n) is 4.93. The van der Waals surface area contributed by atoms with E-state index in [-0.39, 0.29) is 10.7 Å². The highest BCUT2D eigenvalue weighted by Gasteiger charge is 2.29. The molecule has 0 saturated heterocycles. The normalized spacial score (nSPS) is 13.1. The Morgan fingerprint density at radius 3 is 2.33 bits per heavy atom. The van der Waals surface area contributed by atoms with Crippen LogP contribution in [0.3, 0.4) is 0 Å². The number of nitrogens with zero attached hydrogens (tertiary/aromatic N) is 1. The number of benzene rings is 1. The molecule has 1 amide bonds. The molecule has 0 bridgehead atoms. The first-order valence-corrected chi connectivity index (χ1v) is 7.67. The van der Waals surface area contributed by atoms with Crippen molar-refractivity contribution in [2.24, 2.45) is 5.73 Å². The Hall–Kier alpha value is -2.78. The monoisotopic (exact) mass is 349 g/mol. The average molecular weight is 349 g/mol. The minimum absolute atomic E-state index is 0.0222. The molecule has 0 radical (unpaired) electrons. The maximum atomic E-state index is 12.2. The van der Waals surface area contributed by atoms with Crippen LogP contribution >= 0.6 is 11.3 Å². The van der Waals surface area contributed by atoms with Crippen LogP contribution in [0.5, 0.6) is 0 Å². The molecule has 2 aromatic rings. The van der Waals surface area contributed by atoms with E-state index >= 15 is 0 Å². The Morgan fingerprint density at radius 2 is 1.83 bits per heavy atom. The molecule has 0 fully saturated rings. The predicted octanol–water partition coefficient (Wildman–Crippen LogP) is 1.09. The Bertz CT molecular complexity index is 775. The molecule has 2 unspecified atom stereocenters. The second kappa shape index (κ2) is 7.20. The fourth-order valence-electron chi connectivity index (χ4n) is 2.01. The molecule has 24 heavy (non-hydrogen) atoms. The van der Waals surface area contributed by atoms with Gasteiger partial charge in [-0.25, -0.2) is 14.6 Å². The summed E-state index contributed by atoms with van der Waals surface area (Å²) in [7, 11) is 0. The molecule has 0 aliphatic heterocycles. The molecule has 1 aromatic heterocycles. The number of thiazole rings is 1. The van der Waals surface area contributed by atoms with Crippen LogP contribution < -0.4 is 11.1 Å². The largest absolute Gasteiger partial charge is 0.479 e. The summed E-state index contributed by atoms with van der Waals surface area (Å²) in [6, 6.07) is 5.96. The topological polar surface area (TPSA) is 143 Å². The molecule has 9 heteroatoms. The minimum atomic E-state index is -1.47. The van der Waals surface area contributed by atoms with Crippen molar-refractivity contribution in [3.05, 3.63) is 51.5 Å². The van der Waals surface area contributed by atoms with E-state index in [0.29, 0.717) is 10.4 Å². The third kappa shape index (κ3) is 3.76. The zero-order valence-corrected chi connectivity index (χ0v) is 13.4. The summed E-state index contributed by atoms with van der Waals surface area (Å²) in [5, 5.41) is 20.6. The fraction of sp³-hybridized carbons (Fsp3) is 0.200. The van der Waals surface area contributed by atoms with Crippen molar-refractivity contribution < 1.29 is 24.6 Å². The summed E-state index contributed by atoms with van der Waals surface area (Å²) in [5.74, 6) is -3.31. The standard InChI is InChI=1S/C15H15N3O5S/c1-7-10(14(20)21)18-13(24-7)11(15(22)23)17-12(19)9(16)8-5-3-2-4-6-8/h2-6,9,11H,16H2,1H3,(H,17,19)(H,20,21)(H,22,23). The number of aryl methyl sites for hydroxylation is 1. The highest BCUT2D eigenvalue weighted by atomic mass is 32.1. The smallest absolute Gasteiger partial charge is 0.355 e. The van der Waals surface area contributed by atoms with Gasteiger partial charge in [-0.15, -0.1) is 11.3 Å². The lowest BCUT2D eigenvalue weighted by molar-refractivity contribution is -0.142. The van der Waals surface area contributed by atoms with Gasteiger partial charge in [-0.1, -0.05) is 30.3 Å². The first-order valence-electron chi connectivity index (χ1n) is 6.85. The van der Waals surface area contributed by atoms with Gasteiger partial charge in [0.15, 0.2) is 11.7 Å². The van der Waals surface area contributed by atoms with Crippen molar-refractivity contribution in [2.45, 2.75) is 19.0 Å². The third-order valence-electron chi connectivity index (χ3n) is 3.24. The SMILES string of the molecule is Cc1sc(C(NC(=O)C(N)c2ccccc2)C(=O)O)nc1C(=O)O. The number of aliphatic carboxylic acids is 1. The van der Waals surface area contributed by atoms with Gasteiger partial charge in [0.1, 0.15) is 11.0 Å². The lowest BCUT2D eigenvalue weighted by Crippen LogP contribution is -2.39. The third-order valence-corrected chi connectivity index (χ3v) is 4.27. The summed E-state index contributed by atoms with van der Waals surface area (Å²) in [5.41, 5.74) is 6.13. The number of hydrogen-bond donors (Lipinski definition) is 4. The van der Waals surface area contributed by atoms with E-state index in [1.54, 1.807) is 30.3 Å². The highest BCUT2D eigenvalue weighted by Crippen LogP contribution is 2.24. The number of aromatic nitrogens is 1. The van der Waals surface area contributed by atoms with Crippen LogP contribution in [0.2, 0.25) is 0 Å². The molecule has 8 nitrogen and oxygen atoms in total. The number of carbonyl (C=O) groups is 3. The van der Waals surface area contributed by atoms with Gasteiger partial charge in [0.2, 0.25) is 5.91 Å². The van der Waals surface area contributed by atoms with Gasteiger partial charge >= 0.3 is 11.9 Å². The summed E-state index contributed by atoms with van der Waals surface area (Å²) in [6.45, 7) is 1.51. The Kier molecular flexibility index (Phi) is 5.27. The Labute approximate surface area is 141 Å². The van der Waals surface area contributed by atoms with Crippen molar-refractivity contribution in [2.75, 3.05) is 0 Å². The molecule has 126 valence electrons. The maximum Gasteiger partial charge on any atom is 0.355 e. The van der Waals surface area contributed by atoms with Gasteiger partial charge < -0.3 is 21.3 Å². The second-order valence-corrected chi connectivity index (χ2v) is 6.17. The van der Waals surface area contributed by atoms with Gasteiger partial charge in [0.25, 0.3) is 0 Å². The van der Waals surface area contributed by atoms with Gasteiger partial charge in [-0.2, -0.15) is 0 Å². The molecule has 0 aliphatic carbocycles. The molecule has 2 atom stereocenters. The van der Waals surface area contributed by atoms with E-state index in [1.807, 2.05) is 0 Å². The van der Waals surface area contributed by atoms with Crippen LogP contribution in [-0.4, -0.2) is 33.0 Å². The van der Waals surface area contributed by atoms with E-state index in [9.17, 15) is 19.5 Å². The van der Waals surface area contributed by atoms with E-state index in [0.717, 1.165) is 11.3 Å². The molecule has 5 N–H and O–H groups in total. The zero-order chi connectivity index (χ0) is 17.9. The molecule has 2 rings (SSSR count). The number of aromatic carboxylic acids is 1. The van der Waals surface area contributed by atoms with Crippen molar-refractivity contribution >= 4 is 29.2 Å². The summed E-state index contributed by atoms with van der Waals surface area (Å²) in [6.07, 6.45) is 0. The van der Waals surface area contributed by atoms with E-state index in [4.69, 9.17) is 10.8 Å². The minimum Gasteiger partial charge on any atom is -0.479 e. The van der Waals surface area contributed by atoms with Crippen molar-refractivity contribution in [1.82, 2.24) is 10.3 Å². The molecular formula is C15H15N3O5S. The van der Waals surface area contributed by atoms with Crippen LogP contribution in [0.25, 0.3) is 0 Å².